The summed E-state index contributed by atoms with van der Waals surface area (Å²) in [6.07, 6.45) is 0.650. The standard InChI is InChI=1S/C15H19N3O6S2/c16-15(20)11-5-8-17(9-6-11)26(23,24)13-3-1-12(2-4-13)18-14(19)7-10-25(18,21)22/h1-4,11H,5-10H2,(H2,16,20). The number of carbonyl (C=O) groups is 2. The molecule has 2 aliphatic rings. The van der Waals surface area contributed by atoms with E-state index in [9.17, 15) is 26.4 Å². The lowest BCUT2D eigenvalue weighted by atomic mass is 9.98. The van der Waals surface area contributed by atoms with E-state index in [-0.39, 0.29) is 41.8 Å². The van der Waals surface area contributed by atoms with Gasteiger partial charge in [-0.15, -0.1) is 0 Å². The summed E-state index contributed by atoms with van der Waals surface area (Å²) in [5.74, 6) is -1.53. The number of hydrogen-bond acceptors (Lipinski definition) is 6. The summed E-state index contributed by atoms with van der Waals surface area (Å²) in [5.41, 5.74) is 5.38. The number of sulfonamides is 2. The van der Waals surface area contributed by atoms with Gasteiger partial charge in [0.05, 0.1) is 16.3 Å². The van der Waals surface area contributed by atoms with Gasteiger partial charge in [0, 0.05) is 25.4 Å². The van der Waals surface area contributed by atoms with E-state index in [2.05, 4.69) is 0 Å². The molecular formula is C15H19N3O6S2. The number of carbonyl (C=O) groups excluding carboxylic acids is 2. The van der Waals surface area contributed by atoms with Crippen LogP contribution in [0.1, 0.15) is 19.3 Å². The van der Waals surface area contributed by atoms with E-state index in [0.29, 0.717) is 17.1 Å². The van der Waals surface area contributed by atoms with Gasteiger partial charge in [0.1, 0.15) is 0 Å². The van der Waals surface area contributed by atoms with E-state index in [1.54, 1.807) is 0 Å². The fourth-order valence-corrected chi connectivity index (χ4v) is 6.08. The molecule has 0 bridgehead atoms. The average Bonchev–Trinajstić information content (AvgIpc) is 2.88. The van der Waals surface area contributed by atoms with Crippen molar-refractivity contribution in [3.05, 3.63) is 24.3 Å². The van der Waals surface area contributed by atoms with Crippen LogP contribution in [0.3, 0.4) is 0 Å². The lowest BCUT2D eigenvalue weighted by Crippen LogP contribution is -2.41. The largest absolute Gasteiger partial charge is 0.369 e. The van der Waals surface area contributed by atoms with Crippen LogP contribution in [0.2, 0.25) is 0 Å². The molecular weight excluding hydrogens is 382 g/mol. The van der Waals surface area contributed by atoms with Crippen molar-refractivity contribution in [1.82, 2.24) is 4.31 Å². The Morgan fingerprint density at radius 2 is 1.69 bits per heavy atom. The Bertz CT molecular complexity index is 932. The number of piperidine rings is 1. The number of rotatable bonds is 4. The third-order valence-electron chi connectivity index (χ3n) is 4.64. The Morgan fingerprint density at radius 1 is 1.12 bits per heavy atom. The van der Waals surface area contributed by atoms with Crippen molar-refractivity contribution in [2.45, 2.75) is 24.2 Å². The molecule has 11 heteroatoms. The molecule has 0 aromatic heterocycles. The molecule has 26 heavy (non-hydrogen) atoms. The summed E-state index contributed by atoms with van der Waals surface area (Å²) in [7, 11) is -7.46. The van der Waals surface area contributed by atoms with Crippen LogP contribution in [-0.4, -0.2) is 51.8 Å². The van der Waals surface area contributed by atoms with Gasteiger partial charge in [-0.3, -0.25) is 9.59 Å². The van der Waals surface area contributed by atoms with Crippen LogP contribution < -0.4 is 10.0 Å². The van der Waals surface area contributed by atoms with Crippen molar-refractivity contribution in [2.24, 2.45) is 11.7 Å². The van der Waals surface area contributed by atoms with Gasteiger partial charge in [-0.05, 0) is 37.1 Å². The molecule has 1 aromatic rings. The van der Waals surface area contributed by atoms with Crippen molar-refractivity contribution in [2.75, 3.05) is 23.1 Å². The Labute approximate surface area is 151 Å². The summed E-state index contributed by atoms with van der Waals surface area (Å²) in [6, 6.07) is 5.19. The third-order valence-corrected chi connectivity index (χ3v) is 8.25. The van der Waals surface area contributed by atoms with Crippen LogP contribution in [0.5, 0.6) is 0 Å². The number of primary amides is 1. The molecule has 2 saturated heterocycles. The number of anilines is 1. The van der Waals surface area contributed by atoms with Crippen molar-refractivity contribution in [3.63, 3.8) is 0 Å². The number of benzene rings is 1. The Kier molecular flexibility index (Phi) is 4.80. The second kappa shape index (κ2) is 6.63. The molecule has 2 N–H and O–H groups in total. The smallest absolute Gasteiger partial charge is 0.243 e. The summed E-state index contributed by atoms with van der Waals surface area (Å²) >= 11 is 0. The summed E-state index contributed by atoms with van der Waals surface area (Å²) in [4.78, 5) is 23.0. The average molecular weight is 401 g/mol. The van der Waals surface area contributed by atoms with Gasteiger partial charge < -0.3 is 5.73 Å². The first-order valence-electron chi connectivity index (χ1n) is 8.08. The first-order valence-corrected chi connectivity index (χ1v) is 11.1. The second-order valence-corrected chi connectivity index (χ2v) is 10.2. The molecule has 0 aliphatic carbocycles. The molecule has 0 radical (unpaired) electrons. The molecule has 0 saturated carbocycles. The van der Waals surface area contributed by atoms with Crippen LogP contribution >= 0.6 is 0 Å². The zero-order chi connectivity index (χ0) is 19.1. The van der Waals surface area contributed by atoms with Crippen molar-refractivity contribution < 1.29 is 26.4 Å². The Balaban J connectivity index is 1.80. The van der Waals surface area contributed by atoms with Crippen molar-refractivity contribution in [3.8, 4) is 0 Å². The van der Waals surface area contributed by atoms with Gasteiger partial charge in [0.15, 0.2) is 0 Å². The molecule has 0 spiro atoms. The molecule has 0 unspecified atom stereocenters. The van der Waals surface area contributed by atoms with Gasteiger partial charge >= 0.3 is 0 Å². The maximum atomic E-state index is 12.7. The van der Waals surface area contributed by atoms with Gasteiger partial charge in [0.25, 0.3) is 0 Å². The summed E-state index contributed by atoms with van der Waals surface area (Å²) in [6.45, 7) is 0.382. The number of hydrogen-bond donors (Lipinski definition) is 1. The topological polar surface area (TPSA) is 135 Å². The molecule has 2 aliphatic heterocycles. The van der Waals surface area contributed by atoms with Crippen LogP contribution in [0.4, 0.5) is 5.69 Å². The first-order chi connectivity index (χ1) is 12.1. The maximum Gasteiger partial charge on any atom is 0.243 e. The molecule has 142 valence electrons. The van der Waals surface area contributed by atoms with Gasteiger partial charge in [0.2, 0.25) is 31.9 Å². The predicted octanol–water partition coefficient (Wildman–Crippen LogP) is -0.361. The first kappa shape index (κ1) is 18.8. The number of amides is 2. The molecule has 0 atom stereocenters. The molecule has 3 rings (SSSR count). The highest BCUT2D eigenvalue weighted by Crippen LogP contribution is 2.28. The zero-order valence-electron chi connectivity index (χ0n) is 13.9. The number of nitrogens with zero attached hydrogens (tertiary/aromatic N) is 2. The van der Waals surface area contributed by atoms with E-state index in [0.717, 1.165) is 0 Å². The second-order valence-electron chi connectivity index (χ2n) is 6.30. The van der Waals surface area contributed by atoms with E-state index < -0.39 is 31.9 Å². The van der Waals surface area contributed by atoms with Gasteiger partial charge in [-0.25, -0.2) is 21.1 Å². The Hall–Kier alpha value is -1.98. The normalized spacial score (nSPS) is 21.8. The predicted molar refractivity (Wildman–Crippen MR) is 93.0 cm³/mol. The van der Waals surface area contributed by atoms with Crippen molar-refractivity contribution >= 4 is 37.5 Å². The monoisotopic (exact) mass is 401 g/mol. The van der Waals surface area contributed by atoms with E-state index in [1.165, 1.54) is 28.6 Å². The maximum absolute atomic E-state index is 12.7. The molecule has 1 aromatic carbocycles. The lowest BCUT2D eigenvalue weighted by molar-refractivity contribution is -0.122. The zero-order valence-corrected chi connectivity index (χ0v) is 15.5. The SMILES string of the molecule is NC(=O)C1CCN(S(=O)(=O)c2ccc(N3C(=O)CCS3(=O)=O)cc2)CC1. The minimum atomic E-state index is -3.77. The lowest BCUT2D eigenvalue weighted by Gasteiger charge is -2.29. The highest BCUT2D eigenvalue weighted by Gasteiger charge is 2.37. The fraction of sp³-hybridized carbons (Fsp3) is 0.467. The van der Waals surface area contributed by atoms with E-state index in [4.69, 9.17) is 5.73 Å². The fourth-order valence-electron chi connectivity index (χ4n) is 3.15. The highest BCUT2D eigenvalue weighted by atomic mass is 32.2. The Morgan fingerprint density at radius 3 is 2.15 bits per heavy atom. The van der Waals surface area contributed by atoms with E-state index >= 15 is 0 Å². The van der Waals surface area contributed by atoms with Crippen LogP contribution in [-0.2, 0) is 29.6 Å². The summed E-state index contributed by atoms with van der Waals surface area (Å²) in [5, 5.41) is 0. The number of nitrogens with two attached hydrogens (primary N) is 1. The van der Waals surface area contributed by atoms with Crippen LogP contribution in [0, 0.1) is 5.92 Å². The minimum absolute atomic E-state index is 0.00261. The highest BCUT2D eigenvalue weighted by molar-refractivity contribution is 7.94. The molecule has 2 fully saturated rings. The summed E-state index contributed by atoms with van der Waals surface area (Å²) < 4.78 is 51.2. The quantitative estimate of drug-likeness (QED) is 0.732. The van der Waals surface area contributed by atoms with Crippen molar-refractivity contribution in [1.29, 1.82) is 0 Å². The molecule has 2 heterocycles. The van der Waals surface area contributed by atoms with Gasteiger partial charge in [-0.1, -0.05) is 0 Å². The van der Waals surface area contributed by atoms with Crippen LogP contribution in [0.25, 0.3) is 0 Å². The third kappa shape index (κ3) is 3.33. The van der Waals surface area contributed by atoms with Crippen LogP contribution in [0.15, 0.2) is 29.2 Å². The molecule has 9 nitrogen and oxygen atoms in total. The molecule has 2 amide bonds. The minimum Gasteiger partial charge on any atom is -0.369 e. The van der Waals surface area contributed by atoms with E-state index in [1.807, 2.05) is 0 Å². The van der Waals surface area contributed by atoms with Gasteiger partial charge in [-0.2, -0.15) is 4.31 Å².